The van der Waals surface area contributed by atoms with Crippen molar-refractivity contribution in [3.8, 4) is 0 Å². The second-order valence-corrected chi connectivity index (χ2v) is 10.7. The van der Waals surface area contributed by atoms with Gasteiger partial charge in [0.1, 0.15) is 17.9 Å². The first-order valence-electron chi connectivity index (χ1n) is 4.75. The zero-order valence-corrected chi connectivity index (χ0v) is 9.89. The number of rotatable bonds is 4. The summed E-state index contributed by atoms with van der Waals surface area (Å²) in [5.41, 5.74) is 1.64. The molecule has 2 saturated heterocycles. The third kappa shape index (κ3) is 2.14. The Morgan fingerprint density at radius 3 is 1.55 bits per heavy atom. The van der Waals surface area contributed by atoms with Gasteiger partial charge in [-0.1, -0.05) is 13.1 Å². The molecule has 0 aromatic heterocycles. The molecule has 0 spiro atoms. The lowest BCUT2D eigenvalue weighted by molar-refractivity contribution is 0.847. The second-order valence-electron chi connectivity index (χ2n) is 4.01. The van der Waals surface area contributed by atoms with Crippen molar-refractivity contribution in [1.29, 1.82) is 0 Å². The van der Waals surface area contributed by atoms with Crippen LogP contribution in [0.15, 0.2) is 0 Å². The molecular formula is C7H18N2Si2. The van der Waals surface area contributed by atoms with Crippen molar-refractivity contribution >= 4 is 17.9 Å². The van der Waals surface area contributed by atoms with Crippen LogP contribution in [0.4, 0.5) is 0 Å². The molecule has 4 heteroatoms. The van der Waals surface area contributed by atoms with E-state index in [2.05, 4.69) is 22.2 Å². The van der Waals surface area contributed by atoms with E-state index in [1.54, 1.807) is 5.67 Å². The molecule has 0 amide bonds. The summed E-state index contributed by atoms with van der Waals surface area (Å²) in [6, 6.07) is 0. The van der Waals surface area contributed by atoms with Crippen LogP contribution in [-0.4, -0.2) is 53.2 Å². The van der Waals surface area contributed by atoms with E-state index in [0.29, 0.717) is 0 Å². The van der Waals surface area contributed by atoms with Crippen molar-refractivity contribution in [1.82, 2.24) is 9.13 Å². The van der Waals surface area contributed by atoms with E-state index in [1.807, 2.05) is 0 Å². The lowest BCUT2D eigenvalue weighted by atomic mass is 11.0. The average Bonchev–Trinajstić information content (AvgIpc) is 2.84. The van der Waals surface area contributed by atoms with Crippen LogP contribution in [0.5, 0.6) is 0 Å². The van der Waals surface area contributed by atoms with Gasteiger partial charge < -0.3 is 9.13 Å². The Labute approximate surface area is 72.6 Å². The fourth-order valence-electron chi connectivity index (χ4n) is 1.79. The van der Waals surface area contributed by atoms with Crippen molar-refractivity contribution < 1.29 is 0 Å². The van der Waals surface area contributed by atoms with Gasteiger partial charge in [0.25, 0.3) is 0 Å². The summed E-state index contributed by atoms with van der Waals surface area (Å²) in [5, 5.41) is 0. The summed E-state index contributed by atoms with van der Waals surface area (Å²) in [7, 11) is -0.770. The monoisotopic (exact) mass is 186 g/mol. The smallest absolute Gasteiger partial charge is 0.107 e. The van der Waals surface area contributed by atoms with Gasteiger partial charge in [0.15, 0.2) is 0 Å². The van der Waals surface area contributed by atoms with Crippen molar-refractivity contribution in [2.24, 2.45) is 0 Å². The van der Waals surface area contributed by atoms with E-state index in [-0.39, 0.29) is 17.9 Å². The van der Waals surface area contributed by atoms with Crippen molar-refractivity contribution in [3.63, 3.8) is 0 Å². The quantitative estimate of drug-likeness (QED) is 0.445. The standard InChI is InChI=1S/C7H18N2Si2/c1-10(8-3-4-8)7-11(2)9-5-6-9/h10-11H,3-7H2,1-2H3. The minimum Gasteiger partial charge on any atom is -0.324 e. The van der Waals surface area contributed by atoms with Crippen LogP contribution in [0, 0.1) is 0 Å². The van der Waals surface area contributed by atoms with Gasteiger partial charge in [-0.15, -0.1) is 0 Å². The molecule has 2 rings (SSSR count). The highest BCUT2D eigenvalue weighted by Gasteiger charge is 2.31. The molecule has 0 N–H and O–H groups in total. The Kier molecular flexibility index (Phi) is 2.18. The van der Waals surface area contributed by atoms with Crippen LogP contribution in [0.3, 0.4) is 0 Å². The molecule has 11 heavy (non-hydrogen) atoms. The van der Waals surface area contributed by atoms with Crippen LogP contribution in [-0.2, 0) is 0 Å². The highest BCUT2D eigenvalue weighted by molar-refractivity contribution is 6.74. The first-order valence-corrected chi connectivity index (χ1v) is 9.73. The molecule has 2 fully saturated rings. The Hall–Kier alpha value is 0.354. The van der Waals surface area contributed by atoms with Gasteiger partial charge in [0.05, 0.1) is 0 Å². The first-order chi connectivity index (χ1) is 5.27. The Morgan fingerprint density at radius 2 is 1.27 bits per heavy atom. The molecule has 0 aromatic rings. The molecule has 0 aliphatic carbocycles. The van der Waals surface area contributed by atoms with E-state index in [9.17, 15) is 0 Å². The SMILES string of the molecule is C[SiH](C[SiH](C)N1CC1)N1CC1. The van der Waals surface area contributed by atoms with Crippen LogP contribution >= 0.6 is 0 Å². The van der Waals surface area contributed by atoms with E-state index in [1.165, 1.54) is 26.2 Å². The zero-order valence-electron chi connectivity index (χ0n) is 7.58. The van der Waals surface area contributed by atoms with Crippen molar-refractivity contribution in [2.45, 2.75) is 18.8 Å². The molecule has 2 aliphatic heterocycles. The van der Waals surface area contributed by atoms with Gasteiger partial charge in [-0.05, 0) is 5.67 Å². The third-order valence-corrected chi connectivity index (χ3v) is 11.9. The lowest BCUT2D eigenvalue weighted by Crippen LogP contribution is -2.31. The summed E-state index contributed by atoms with van der Waals surface area (Å²) >= 11 is 0. The Balaban J connectivity index is 1.69. The molecule has 0 bridgehead atoms. The normalized spacial score (nSPS) is 30.0. The second kappa shape index (κ2) is 3.01. The summed E-state index contributed by atoms with van der Waals surface area (Å²) in [6.07, 6.45) is 0. The number of hydrogen-bond acceptors (Lipinski definition) is 2. The van der Waals surface area contributed by atoms with Crippen molar-refractivity contribution in [3.05, 3.63) is 0 Å². The third-order valence-electron chi connectivity index (χ3n) is 2.89. The lowest BCUT2D eigenvalue weighted by Gasteiger charge is -2.15. The highest BCUT2D eigenvalue weighted by Crippen LogP contribution is 2.16. The van der Waals surface area contributed by atoms with Gasteiger partial charge in [0, 0.05) is 26.2 Å². The van der Waals surface area contributed by atoms with Gasteiger partial charge >= 0.3 is 0 Å². The highest BCUT2D eigenvalue weighted by atomic mass is 28.3. The van der Waals surface area contributed by atoms with E-state index in [0.717, 1.165) is 0 Å². The molecule has 2 aliphatic rings. The molecular weight excluding hydrogens is 168 g/mol. The predicted molar refractivity (Wildman–Crippen MR) is 54.0 cm³/mol. The number of nitrogens with zero attached hydrogens (tertiary/aromatic N) is 2. The molecule has 64 valence electrons. The molecule has 0 radical (unpaired) electrons. The van der Waals surface area contributed by atoms with Crippen LogP contribution < -0.4 is 0 Å². The van der Waals surface area contributed by atoms with Gasteiger partial charge in [-0.25, -0.2) is 0 Å². The first kappa shape index (κ1) is 7.98. The Bertz CT molecular complexity index is 129. The number of hydrogen-bond donors (Lipinski definition) is 0. The maximum Gasteiger partial charge on any atom is 0.107 e. The fraction of sp³-hybridized carbons (Fsp3) is 1.00. The molecule has 2 unspecified atom stereocenters. The van der Waals surface area contributed by atoms with E-state index < -0.39 is 0 Å². The largest absolute Gasteiger partial charge is 0.324 e. The maximum atomic E-state index is 2.72. The van der Waals surface area contributed by atoms with E-state index >= 15 is 0 Å². The topological polar surface area (TPSA) is 6.02 Å². The summed E-state index contributed by atoms with van der Waals surface area (Å²) in [6.45, 7) is 10.8. The summed E-state index contributed by atoms with van der Waals surface area (Å²) in [5.74, 6) is 0. The minimum atomic E-state index is -0.385. The van der Waals surface area contributed by atoms with Crippen LogP contribution in [0.1, 0.15) is 0 Å². The summed E-state index contributed by atoms with van der Waals surface area (Å²) < 4.78 is 5.43. The fourth-order valence-corrected chi connectivity index (χ4v) is 10.1. The maximum absolute atomic E-state index is 2.72. The van der Waals surface area contributed by atoms with Crippen molar-refractivity contribution in [2.75, 3.05) is 26.2 Å². The minimum absolute atomic E-state index is 0.385. The molecule has 2 heterocycles. The molecule has 2 atom stereocenters. The van der Waals surface area contributed by atoms with Gasteiger partial charge in [0.2, 0.25) is 0 Å². The molecule has 2 nitrogen and oxygen atoms in total. The zero-order chi connectivity index (χ0) is 7.84. The Morgan fingerprint density at radius 1 is 0.909 bits per heavy atom. The van der Waals surface area contributed by atoms with Crippen LogP contribution in [0.25, 0.3) is 0 Å². The van der Waals surface area contributed by atoms with Gasteiger partial charge in [-0.3, -0.25) is 0 Å². The molecule has 0 saturated carbocycles. The summed E-state index contributed by atoms with van der Waals surface area (Å²) in [4.78, 5) is 0. The average molecular weight is 186 g/mol. The van der Waals surface area contributed by atoms with Gasteiger partial charge in [-0.2, -0.15) is 0 Å². The molecule has 0 aromatic carbocycles. The predicted octanol–water partition coefficient (Wildman–Crippen LogP) is -0.136. The van der Waals surface area contributed by atoms with Crippen LogP contribution in [0.2, 0.25) is 18.8 Å². The van der Waals surface area contributed by atoms with E-state index in [4.69, 9.17) is 0 Å².